The van der Waals surface area contributed by atoms with E-state index in [9.17, 15) is 18.0 Å². The number of hydrogen-bond acceptors (Lipinski definition) is 5. The summed E-state index contributed by atoms with van der Waals surface area (Å²) >= 11 is 0. The normalized spacial score (nSPS) is 21.4. The maximum atomic E-state index is 12.2. The third-order valence-electron chi connectivity index (χ3n) is 3.16. The summed E-state index contributed by atoms with van der Waals surface area (Å²) in [5, 5.41) is 8.74. The van der Waals surface area contributed by atoms with Crippen molar-refractivity contribution in [2.75, 3.05) is 18.1 Å². The van der Waals surface area contributed by atoms with Crippen molar-refractivity contribution in [3.05, 3.63) is 29.6 Å². The fraction of sp³-hybridized carbons (Fsp3) is 0.417. The van der Waals surface area contributed by atoms with Crippen molar-refractivity contribution in [2.24, 2.45) is 0 Å². The van der Waals surface area contributed by atoms with Gasteiger partial charge in [-0.3, -0.25) is 4.79 Å². The number of aromatic carboxylic acids is 1. The van der Waals surface area contributed by atoms with Crippen molar-refractivity contribution in [1.29, 1.82) is 0 Å². The quantitative estimate of drug-likeness (QED) is 0.826. The lowest BCUT2D eigenvalue weighted by Gasteiger charge is -2.33. The van der Waals surface area contributed by atoms with Gasteiger partial charge < -0.3 is 10.0 Å². The topological polar surface area (TPSA) is 105 Å². The molecule has 0 saturated carbocycles. The third kappa shape index (κ3) is 2.96. The summed E-state index contributed by atoms with van der Waals surface area (Å²) in [5.74, 6) is -1.61. The average Bonchev–Trinajstić information content (AvgIpc) is 2.37. The lowest BCUT2D eigenvalue weighted by molar-refractivity contribution is 0.0682. The first-order chi connectivity index (χ1) is 9.30. The zero-order chi connectivity index (χ0) is 14.9. The number of hydrogen-bond donors (Lipinski definition) is 1. The van der Waals surface area contributed by atoms with Crippen LogP contribution in [0.15, 0.2) is 18.3 Å². The molecule has 0 spiro atoms. The predicted molar refractivity (Wildman–Crippen MR) is 70.3 cm³/mol. The first-order valence-corrected chi connectivity index (χ1v) is 7.83. The lowest BCUT2D eigenvalue weighted by atomic mass is 10.2. The van der Waals surface area contributed by atoms with Gasteiger partial charge in [0.25, 0.3) is 5.91 Å². The van der Waals surface area contributed by atoms with Crippen LogP contribution in [-0.4, -0.2) is 59.4 Å². The summed E-state index contributed by atoms with van der Waals surface area (Å²) in [7, 11) is -3.09. The van der Waals surface area contributed by atoms with Crippen molar-refractivity contribution in [2.45, 2.75) is 13.0 Å². The van der Waals surface area contributed by atoms with E-state index >= 15 is 0 Å². The summed E-state index contributed by atoms with van der Waals surface area (Å²) in [5.41, 5.74) is 0.108. The first kappa shape index (κ1) is 14.4. The van der Waals surface area contributed by atoms with E-state index in [0.717, 1.165) is 0 Å². The average molecular weight is 298 g/mol. The Labute approximate surface area is 116 Å². The summed E-state index contributed by atoms with van der Waals surface area (Å²) in [6.45, 7) is 1.82. The number of pyridine rings is 1. The Morgan fingerprint density at radius 1 is 1.40 bits per heavy atom. The Morgan fingerprint density at radius 3 is 2.60 bits per heavy atom. The van der Waals surface area contributed by atoms with Crippen molar-refractivity contribution in [3.63, 3.8) is 0 Å². The molecule has 108 valence electrons. The molecule has 8 heteroatoms. The molecule has 0 aromatic carbocycles. The Hall–Kier alpha value is -1.96. The van der Waals surface area contributed by atoms with Gasteiger partial charge in [-0.1, -0.05) is 0 Å². The molecule has 1 fully saturated rings. The van der Waals surface area contributed by atoms with Gasteiger partial charge in [-0.2, -0.15) is 0 Å². The highest BCUT2D eigenvalue weighted by Gasteiger charge is 2.31. The number of aromatic nitrogens is 1. The molecule has 0 radical (unpaired) electrons. The minimum absolute atomic E-state index is 0.0519. The van der Waals surface area contributed by atoms with Crippen LogP contribution in [0.4, 0.5) is 0 Å². The highest BCUT2D eigenvalue weighted by atomic mass is 32.2. The Bertz CT molecular complexity index is 638. The predicted octanol–water partition coefficient (Wildman–Crippen LogP) is 0.0389. The second-order valence-electron chi connectivity index (χ2n) is 4.70. The van der Waals surface area contributed by atoms with E-state index in [-0.39, 0.29) is 35.2 Å². The van der Waals surface area contributed by atoms with Crippen molar-refractivity contribution in [3.8, 4) is 0 Å². The highest BCUT2D eigenvalue weighted by molar-refractivity contribution is 7.91. The number of sulfone groups is 1. The van der Waals surface area contributed by atoms with E-state index in [4.69, 9.17) is 5.11 Å². The van der Waals surface area contributed by atoms with E-state index in [1.807, 2.05) is 0 Å². The molecular weight excluding hydrogens is 284 g/mol. The zero-order valence-electron chi connectivity index (χ0n) is 10.8. The van der Waals surface area contributed by atoms with Gasteiger partial charge in [-0.15, -0.1) is 0 Å². The van der Waals surface area contributed by atoms with E-state index in [1.54, 1.807) is 6.92 Å². The first-order valence-electron chi connectivity index (χ1n) is 6.01. The molecule has 2 rings (SSSR count). The van der Waals surface area contributed by atoms with Crippen LogP contribution in [0.2, 0.25) is 0 Å². The monoisotopic (exact) mass is 298 g/mol. The molecule has 1 aromatic heterocycles. The Kier molecular flexibility index (Phi) is 3.76. The number of carbonyl (C=O) groups excluding carboxylic acids is 1. The van der Waals surface area contributed by atoms with Crippen molar-refractivity contribution in [1.82, 2.24) is 9.88 Å². The van der Waals surface area contributed by atoms with Gasteiger partial charge in [0.05, 0.1) is 17.1 Å². The van der Waals surface area contributed by atoms with Gasteiger partial charge in [0.15, 0.2) is 9.84 Å². The Balaban J connectivity index is 2.17. The molecule has 1 aliphatic heterocycles. The summed E-state index contributed by atoms with van der Waals surface area (Å²) < 4.78 is 22.9. The fourth-order valence-corrected chi connectivity index (χ4v) is 3.67. The molecule has 1 amide bonds. The summed E-state index contributed by atoms with van der Waals surface area (Å²) in [4.78, 5) is 28.1. The smallest absolute Gasteiger partial charge is 0.354 e. The maximum Gasteiger partial charge on any atom is 0.354 e. The molecule has 1 unspecified atom stereocenters. The molecular formula is C12H14N2O5S. The highest BCUT2D eigenvalue weighted by Crippen LogP contribution is 2.15. The number of carbonyl (C=O) groups is 2. The largest absolute Gasteiger partial charge is 0.477 e. The molecule has 1 atom stereocenters. The van der Waals surface area contributed by atoms with Crippen LogP contribution < -0.4 is 0 Å². The fourth-order valence-electron chi connectivity index (χ4n) is 2.11. The van der Waals surface area contributed by atoms with Gasteiger partial charge in [-0.05, 0) is 19.1 Å². The van der Waals surface area contributed by atoms with Gasteiger partial charge in [0.2, 0.25) is 0 Å². The second-order valence-corrected chi connectivity index (χ2v) is 6.93. The van der Waals surface area contributed by atoms with Gasteiger partial charge in [0, 0.05) is 18.8 Å². The van der Waals surface area contributed by atoms with Crippen LogP contribution in [0.25, 0.3) is 0 Å². The molecule has 0 bridgehead atoms. The molecule has 1 saturated heterocycles. The van der Waals surface area contributed by atoms with Crippen molar-refractivity contribution >= 4 is 21.7 Å². The van der Waals surface area contributed by atoms with E-state index in [1.165, 1.54) is 23.2 Å². The molecule has 1 aliphatic rings. The van der Waals surface area contributed by atoms with Crippen LogP contribution >= 0.6 is 0 Å². The number of amides is 1. The molecule has 7 nitrogen and oxygen atoms in total. The van der Waals surface area contributed by atoms with E-state index < -0.39 is 21.8 Å². The van der Waals surface area contributed by atoms with E-state index in [2.05, 4.69) is 4.98 Å². The van der Waals surface area contributed by atoms with Crippen LogP contribution in [0.1, 0.15) is 27.8 Å². The number of nitrogens with zero attached hydrogens (tertiary/aromatic N) is 2. The van der Waals surface area contributed by atoms with Crippen molar-refractivity contribution < 1.29 is 23.1 Å². The van der Waals surface area contributed by atoms with Crippen LogP contribution in [0.5, 0.6) is 0 Å². The third-order valence-corrected chi connectivity index (χ3v) is 4.96. The number of carboxylic acids is 1. The standard InChI is InChI=1S/C12H14N2O5S/c1-8-7-20(18,19)5-4-14(8)11(15)9-2-3-10(12(16)17)13-6-9/h2-3,6,8H,4-5,7H2,1H3,(H,16,17). The molecule has 1 aromatic rings. The van der Waals surface area contributed by atoms with Gasteiger partial charge in [0.1, 0.15) is 5.69 Å². The second kappa shape index (κ2) is 5.20. The molecule has 20 heavy (non-hydrogen) atoms. The van der Waals surface area contributed by atoms with Gasteiger partial charge >= 0.3 is 5.97 Å². The minimum Gasteiger partial charge on any atom is -0.477 e. The molecule has 1 N–H and O–H groups in total. The lowest BCUT2D eigenvalue weighted by Crippen LogP contribution is -2.49. The SMILES string of the molecule is CC1CS(=O)(=O)CCN1C(=O)c1ccc(C(=O)O)nc1. The number of carboxylic acid groups (broad SMARTS) is 1. The van der Waals surface area contributed by atoms with Crippen LogP contribution in [0.3, 0.4) is 0 Å². The van der Waals surface area contributed by atoms with E-state index in [0.29, 0.717) is 0 Å². The number of rotatable bonds is 2. The maximum absolute atomic E-state index is 12.2. The minimum atomic E-state index is -3.09. The summed E-state index contributed by atoms with van der Waals surface area (Å²) in [6, 6.07) is 2.23. The Morgan fingerprint density at radius 2 is 2.10 bits per heavy atom. The molecule has 2 heterocycles. The van der Waals surface area contributed by atoms with Gasteiger partial charge in [-0.25, -0.2) is 18.2 Å². The molecule has 0 aliphatic carbocycles. The summed E-state index contributed by atoms with van der Waals surface area (Å²) in [6.07, 6.45) is 1.20. The van der Waals surface area contributed by atoms with Crippen LogP contribution in [-0.2, 0) is 9.84 Å². The zero-order valence-corrected chi connectivity index (χ0v) is 11.6. The van der Waals surface area contributed by atoms with Crippen LogP contribution in [0, 0.1) is 0 Å².